The fourth-order valence-electron chi connectivity index (χ4n) is 3.26. The topological polar surface area (TPSA) is 89.8 Å². The summed E-state index contributed by atoms with van der Waals surface area (Å²) in [4.78, 5) is 13.7. The molecule has 31 heavy (non-hydrogen) atoms. The SMILES string of the molecule is CCn1c(CSc2nccc(C)n2)nc2cc(NS(=O)(=O)c3ccc(C)cc3)ccc21. The van der Waals surface area contributed by atoms with E-state index in [9.17, 15) is 8.42 Å². The Morgan fingerprint density at radius 3 is 2.52 bits per heavy atom. The molecule has 0 saturated carbocycles. The third kappa shape index (κ3) is 4.72. The predicted octanol–water partition coefficient (Wildman–Crippen LogP) is 4.56. The number of hydrogen-bond acceptors (Lipinski definition) is 6. The second-order valence-corrected chi connectivity index (χ2v) is 9.79. The molecule has 0 amide bonds. The van der Waals surface area contributed by atoms with Gasteiger partial charge in [0.05, 0.1) is 27.4 Å². The predicted molar refractivity (Wildman–Crippen MR) is 124 cm³/mol. The van der Waals surface area contributed by atoms with Gasteiger partial charge in [-0.15, -0.1) is 0 Å². The zero-order chi connectivity index (χ0) is 22.0. The Labute approximate surface area is 186 Å². The first kappa shape index (κ1) is 21.3. The Balaban J connectivity index is 1.59. The molecule has 0 unspecified atom stereocenters. The second-order valence-electron chi connectivity index (χ2n) is 7.16. The molecule has 0 bridgehead atoms. The van der Waals surface area contributed by atoms with Gasteiger partial charge >= 0.3 is 0 Å². The van der Waals surface area contributed by atoms with Gasteiger partial charge in [-0.25, -0.2) is 23.4 Å². The molecule has 0 aliphatic carbocycles. The Kier molecular flexibility index (Phi) is 5.97. The van der Waals surface area contributed by atoms with Gasteiger partial charge in [0.2, 0.25) is 0 Å². The molecule has 2 aromatic heterocycles. The first-order chi connectivity index (χ1) is 14.9. The van der Waals surface area contributed by atoms with Crippen molar-refractivity contribution in [1.82, 2.24) is 19.5 Å². The van der Waals surface area contributed by atoms with Crippen LogP contribution < -0.4 is 4.72 Å². The van der Waals surface area contributed by atoms with Crippen LogP contribution in [0.25, 0.3) is 11.0 Å². The minimum absolute atomic E-state index is 0.229. The van der Waals surface area contributed by atoms with Crippen LogP contribution in [-0.2, 0) is 22.3 Å². The highest BCUT2D eigenvalue weighted by atomic mass is 32.2. The normalized spacial score (nSPS) is 11.7. The van der Waals surface area contributed by atoms with Crippen molar-refractivity contribution in [3.05, 3.63) is 71.8 Å². The summed E-state index contributed by atoms with van der Waals surface area (Å²) < 4.78 is 30.2. The molecule has 1 N–H and O–H groups in total. The van der Waals surface area contributed by atoms with Crippen molar-refractivity contribution in [2.75, 3.05) is 4.72 Å². The van der Waals surface area contributed by atoms with Gasteiger partial charge in [0.25, 0.3) is 10.0 Å². The van der Waals surface area contributed by atoms with Crippen molar-refractivity contribution >= 4 is 38.5 Å². The van der Waals surface area contributed by atoms with Crippen LogP contribution in [-0.4, -0.2) is 27.9 Å². The Bertz CT molecular complexity index is 1330. The fraction of sp³-hybridized carbons (Fsp3) is 0.227. The molecule has 0 fully saturated rings. The molecule has 9 heteroatoms. The minimum Gasteiger partial charge on any atom is -0.328 e. The van der Waals surface area contributed by atoms with Gasteiger partial charge in [-0.3, -0.25) is 4.72 Å². The summed E-state index contributed by atoms with van der Waals surface area (Å²) in [5.41, 5.74) is 4.11. The Hall–Kier alpha value is -2.91. The van der Waals surface area contributed by atoms with Gasteiger partial charge in [0.15, 0.2) is 5.16 Å². The molecule has 0 saturated heterocycles. The molecule has 2 aromatic carbocycles. The highest BCUT2D eigenvalue weighted by Crippen LogP contribution is 2.26. The molecule has 0 spiro atoms. The van der Waals surface area contributed by atoms with Crippen LogP contribution in [0.5, 0.6) is 0 Å². The van der Waals surface area contributed by atoms with Crippen LogP contribution in [0.2, 0.25) is 0 Å². The average Bonchev–Trinajstić information content (AvgIpc) is 3.09. The van der Waals surface area contributed by atoms with Crippen molar-refractivity contribution in [3.63, 3.8) is 0 Å². The van der Waals surface area contributed by atoms with E-state index in [4.69, 9.17) is 4.98 Å². The number of nitrogens with one attached hydrogen (secondary N) is 1. The molecule has 0 radical (unpaired) electrons. The lowest BCUT2D eigenvalue weighted by Gasteiger charge is -2.09. The van der Waals surface area contributed by atoms with E-state index in [-0.39, 0.29) is 4.90 Å². The molecule has 7 nitrogen and oxygen atoms in total. The number of anilines is 1. The third-order valence-electron chi connectivity index (χ3n) is 4.83. The summed E-state index contributed by atoms with van der Waals surface area (Å²) in [6, 6.07) is 14.1. The van der Waals surface area contributed by atoms with Crippen molar-refractivity contribution in [1.29, 1.82) is 0 Å². The van der Waals surface area contributed by atoms with E-state index >= 15 is 0 Å². The van der Waals surface area contributed by atoms with Gasteiger partial charge in [0.1, 0.15) is 5.82 Å². The van der Waals surface area contributed by atoms with Gasteiger partial charge in [-0.05, 0) is 57.2 Å². The first-order valence-corrected chi connectivity index (χ1v) is 12.3. The van der Waals surface area contributed by atoms with E-state index in [1.807, 2.05) is 26.0 Å². The monoisotopic (exact) mass is 453 g/mol. The van der Waals surface area contributed by atoms with Crippen LogP contribution in [0.15, 0.2) is 64.8 Å². The summed E-state index contributed by atoms with van der Waals surface area (Å²) in [7, 11) is -3.66. The zero-order valence-corrected chi connectivity index (χ0v) is 19.2. The Morgan fingerprint density at radius 2 is 1.81 bits per heavy atom. The second kappa shape index (κ2) is 8.68. The van der Waals surface area contributed by atoms with Crippen molar-refractivity contribution < 1.29 is 8.42 Å². The molecule has 0 aliphatic heterocycles. The van der Waals surface area contributed by atoms with Crippen LogP contribution in [0.1, 0.15) is 24.0 Å². The summed E-state index contributed by atoms with van der Waals surface area (Å²) in [6.45, 7) is 6.68. The summed E-state index contributed by atoms with van der Waals surface area (Å²) in [5, 5.41) is 0.709. The van der Waals surface area contributed by atoms with Gasteiger partial charge in [0, 0.05) is 18.4 Å². The average molecular weight is 454 g/mol. The highest BCUT2D eigenvalue weighted by molar-refractivity contribution is 7.98. The molecule has 0 aliphatic rings. The quantitative estimate of drug-likeness (QED) is 0.326. The van der Waals surface area contributed by atoms with Gasteiger partial charge in [-0.2, -0.15) is 0 Å². The van der Waals surface area contributed by atoms with Crippen molar-refractivity contribution in [2.24, 2.45) is 0 Å². The smallest absolute Gasteiger partial charge is 0.261 e. The maximum atomic E-state index is 12.7. The summed E-state index contributed by atoms with van der Waals surface area (Å²) >= 11 is 1.53. The number of benzene rings is 2. The van der Waals surface area contributed by atoms with Crippen LogP contribution in [0.4, 0.5) is 5.69 Å². The molecular formula is C22H23N5O2S2. The molecule has 2 heterocycles. The lowest BCUT2D eigenvalue weighted by atomic mass is 10.2. The van der Waals surface area contributed by atoms with Crippen molar-refractivity contribution in [2.45, 2.75) is 43.1 Å². The van der Waals surface area contributed by atoms with Gasteiger partial charge in [-0.1, -0.05) is 29.5 Å². The van der Waals surface area contributed by atoms with E-state index in [0.717, 1.165) is 34.7 Å². The van der Waals surface area contributed by atoms with E-state index in [0.29, 0.717) is 16.6 Å². The number of aryl methyl sites for hydroxylation is 3. The Morgan fingerprint density at radius 1 is 1.03 bits per heavy atom. The summed E-state index contributed by atoms with van der Waals surface area (Å²) in [6.07, 6.45) is 1.75. The largest absolute Gasteiger partial charge is 0.328 e. The lowest BCUT2D eigenvalue weighted by Crippen LogP contribution is -2.12. The summed E-state index contributed by atoms with van der Waals surface area (Å²) in [5.74, 6) is 1.52. The lowest BCUT2D eigenvalue weighted by molar-refractivity contribution is 0.601. The van der Waals surface area contributed by atoms with E-state index in [2.05, 4.69) is 26.2 Å². The van der Waals surface area contributed by atoms with Crippen LogP contribution in [0, 0.1) is 13.8 Å². The zero-order valence-electron chi connectivity index (χ0n) is 17.5. The maximum absolute atomic E-state index is 12.7. The third-order valence-corrected chi connectivity index (χ3v) is 7.08. The molecule has 4 aromatic rings. The van der Waals surface area contributed by atoms with E-state index in [1.165, 1.54) is 11.8 Å². The number of sulfonamides is 1. The minimum atomic E-state index is -3.66. The number of thioether (sulfide) groups is 1. The van der Waals surface area contributed by atoms with Crippen LogP contribution in [0.3, 0.4) is 0 Å². The molecule has 160 valence electrons. The standard InChI is InChI=1S/C22H23N5O2S2/c1-4-27-20-10-7-17(26-31(28,29)18-8-5-15(2)6-9-18)13-19(20)25-21(27)14-30-22-23-12-11-16(3)24-22/h5-13,26H,4,14H2,1-3H3. The van der Waals surface area contributed by atoms with Crippen molar-refractivity contribution in [3.8, 4) is 0 Å². The molecule has 0 atom stereocenters. The number of hydrogen-bond donors (Lipinski definition) is 1. The van der Waals surface area contributed by atoms with Crippen LogP contribution >= 0.6 is 11.8 Å². The highest BCUT2D eigenvalue weighted by Gasteiger charge is 2.16. The maximum Gasteiger partial charge on any atom is 0.261 e. The number of nitrogens with zero attached hydrogens (tertiary/aromatic N) is 4. The number of imidazole rings is 1. The van der Waals surface area contributed by atoms with Gasteiger partial charge < -0.3 is 4.57 Å². The molecular weight excluding hydrogens is 430 g/mol. The van der Waals surface area contributed by atoms with E-state index < -0.39 is 10.0 Å². The van der Waals surface area contributed by atoms with E-state index in [1.54, 1.807) is 42.6 Å². The number of rotatable bonds is 7. The number of aromatic nitrogens is 4. The number of fused-ring (bicyclic) bond motifs is 1. The molecule has 4 rings (SSSR count). The first-order valence-electron chi connectivity index (χ1n) is 9.87. The fourth-order valence-corrected chi connectivity index (χ4v) is 5.13.